The van der Waals surface area contributed by atoms with Crippen LogP contribution in [0.1, 0.15) is 19.8 Å². The van der Waals surface area contributed by atoms with Crippen LogP contribution in [0.5, 0.6) is 0 Å². The van der Waals surface area contributed by atoms with Crippen LogP contribution < -0.4 is 0 Å². The lowest BCUT2D eigenvalue weighted by Gasteiger charge is -2.30. The third kappa shape index (κ3) is 4.66. The summed E-state index contributed by atoms with van der Waals surface area (Å²) >= 11 is 1.16. The molecule has 8 heteroatoms. The van der Waals surface area contributed by atoms with Crippen LogP contribution in [0, 0.1) is 5.92 Å². The third-order valence-electron chi connectivity index (χ3n) is 3.57. The molecule has 118 valence electrons. The molecule has 4 nitrogen and oxygen atoms in total. The maximum Gasteiger partial charge on any atom is 0.406 e. The van der Waals surface area contributed by atoms with E-state index in [1.165, 1.54) is 0 Å². The number of aryl methyl sites for hydroxylation is 1. The fraction of sp³-hybridized carbons (Fsp3) is 0.692. The Kier molecular flexibility index (Phi) is 4.85. The van der Waals surface area contributed by atoms with Gasteiger partial charge in [0, 0.05) is 25.5 Å². The molecule has 0 saturated heterocycles. The monoisotopic (exact) mass is 321 g/mol. The Morgan fingerprint density at radius 3 is 2.71 bits per heavy atom. The smallest absolute Gasteiger partial charge is 0.330 e. The Morgan fingerprint density at radius 1 is 1.57 bits per heavy atom. The van der Waals surface area contributed by atoms with E-state index in [1.54, 1.807) is 30.9 Å². The first-order valence-electron chi connectivity index (χ1n) is 6.74. The maximum atomic E-state index is 12.7. The van der Waals surface area contributed by atoms with Gasteiger partial charge in [0.05, 0.1) is 5.75 Å². The molecule has 0 aromatic carbocycles. The number of hydrogen-bond donors (Lipinski definition) is 0. The van der Waals surface area contributed by atoms with Gasteiger partial charge in [0.1, 0.15) is 6.54 Å². The molecule has 1 aliphatic rings. The van der Waals surface area contributed by atoms with Gasteiger partial charge in [-0.3, -0.25) is 4.79 Å². The zero-order valence-electron chi connectivity index (χ0n) is 11.9. The molecule has 0 unspecified atom stereocenters. The number of hydrogen-bond acceptors (Lipinski definition) is 3. The molecule has 0 N–H and O–H groups in total. The molecular weight excluding hydrogens is 303 g/mol. The molecule has 1 saturated carbocycles. The number of imidazole rings is 1. The number of nitrogens with zero attached hydrogens (tertiary/aromatic N) is 3. The fourth-order valence-electron chi connectivity index (χ4n) is 2.19. The minimum Gasteiger partial charge on any atom is -0.330 e. The lowest BCUT2D eigenvalue weighted by Crippen LogP contribution is -2.46. The summed E-state index contributed by atoms with van der Waals surface area (Å²) in [4.78, 5) is 17.2. The molecule has 1 aliphatic carbocycles. The highest BCUT2D eigenvalue weighted by Gasteiger charge is 2.40. The van der Waals surface area contributed by atoms with E-state index in [-0.39, 0.29) is 17.7 Å². The first-order valence-corrected chi connectivity index (χ1v) is 7.73. The van der Waals surface area contributed by atoms with Crippen LogP contribution >= 0.6 is 11.8 Å². The highest BCUT2D eigenvalue weighted by atomic mass is 32.2. The van der Waals surface area contributed by atoms with Crippen LogP contribution in [0.25, 0.3) is 0 Å². The summed E-state index contributed by atoms with van der Waals surface area (Å²) in [6.45, 7) is 0.525. The number of amides is 1. The normalized spacial score (nSPS) is 16.8. The van der Waals surface area contributed by atoms with Crippen molar-refractivity contribution in [2.75, 3.05) is 12.3 Å². The van der Waals surface area contributed by atoms with E-state index >= 15 is 0 Å². The zero-order chi connectivity index (χ0) is 15.6. The van der Waals surface area contributed by atoms with Gasteiger partial charge < -0.3 is 9.47 Å². The summed E-state index contributed by atoms with van der Waals surface area (Å²) in [6, 6.07) is -0.360. The predicted molar refractivity (Wildman–Crippen MR) is 73.9 cm³/mol. The van der Waals surface area contributed by atoms with Crippen molar-refractivity contribution in [2.24, 2.45) is 13.0 Å². The van der Waals surface area contributed by atoms with Crippen LogP contribution in [-0.4, -0.2) is 44.9 Å². The Bertz CT molecular complexity index is 499. The number of halogens is 3. The largest absolute Gasteiger partial charge is 0.406 e. The van der Waals surface area contributed by atoms with Gasteiger partial charge >= 0.3 is 6.18 Å². The highest BCUT2D eigenvalue weighted by molar-refractivity contribution is 7.99. The van der Waals surface area contributed by atoms with E-state index in [4.69, 9.17) is 0 Å². The minimum absolute atomic E-state index is 0.0298. The standard InChI is InChI=1S/C13H18F3N3OS/c1-9(10-3-4-10)19(8-13(14,15)16)11(20)7-21-12-17-5-6-18(12)2/h5-6,9-10H,3-4,7-8H2,1-2H3/t9-/m1/s1. The third-order valence-corrected chi connectivity index (χ3v) is 4.61. The topological polar surface area (TPSA) is 38.1 Å². The van der Waals surface area contributed by atoms with Crippen LogP contribution in [0.2, 0.25) is 0 Å². The van der Waals surface area contributed by atoms with Crippen LogP contribution in [0.4, 0.5) is 13.2 Å². The summed E-state index contributed by atoms with van der Waals surface area (Å²) in [5, 5.41) is 0.620. The average molecular weight is 321 g/mol. The Labute approximate surface area is 125 Å². The van der Waals surface area contributed by atoms with Gasteiger partial charge in [-0.05, 0) is 25.7 Å². The Hall–Kier alpha value is -1.18. The number of thioether (sulfide) groups is 1. The molecule has 0 aliphatic heterocycles. The van der Waals surface area contributed by atoms with Crippen molar-refractivity contribution in [3.63, 3.8) is 0 Å². The van der Waals surface area contributed by atoms with Crippen molar-refractivity contribution in [1.29, 1.82) is 0 Å². The second-order valence-electron chi connectivity index (χ2n) is 5.32. The van der Waals surface area contributed by atoms with Gasteiger partial charge in [-0.25, -0.2) is 4.98 Å². The lowest BCUT2D eigenvalue weighted by atomic mass is 10.2. The molecule has 0 radical (unpaired) electrons. The number of carbonyl (C=O) groups excluding carboxylic acids is 1. The van der Waals surface area contributed by atoms with Gasteiger partial charge in [-0.2, -0.15) is 13.2 Å². The summed E-state index contributed by atoms with van der Waals surface area (Å²) in [7, 11) is 1.78. The predicted octanol–water partition coefficient (Wildman–Crippen LogP) is 2.70. The summed E-state index contributed by atoms with van der Waals surface area (Å²) in [5.41, 5.74) is 0. The molecule has 1 atom stereocenters. The molecule has 1 aromatic rings. The number of alkyl halides is 3. The number of aromatic nitrogens is 2. The zero-order valence-corrected chi connectivity index (χ0v) is 12.7. The van der Waals surface area contributed by atoms with Gasteiger partial charge in [-0.1, -0.05) is 11.8 Å². The molecule has 1 aromatic heterocycles. The van der Waals surface area contributed by atoms with Crippen molar-refractivity contribution in [2.45, 2.75) is 37.1 Å². The SMILES string of the molecule is C[C@H](C1CC1)N(CC(F)(F)F)C(=O)CSc1nccn1C. The average Bonchev–Trinajstić information content (AvgIpc) is 3.15. The van der Waals surface area contributed by atoms with Crippen molar-refractivity contribution in [3.8, 4) is 0 Å². The number of rotatable bonds is 6. The molecule has 21 heavy (non-hydrogen) atoms. The van der Waals surface area contributed by atoms with E-state index < -0.39 is 18.6 Å². The Balaban J connectivity index is 1.98. The quantitative estimate of drug-likeness (QED) is 0.756. The van der Waals surface area contributed by atoms with Crippen molar-refractivity contribution < 1.29 is 18.0 Å². The summed E-state index contributed by atoms with van der Waals surface area (Å²) < 4.78 is 39.7. The van der Waals surface area contributed by atoms with E-state index in [2.05, 4.69) is 4.98 Å². The number of carbonyl (C=O) groups is 1. The molecule has 1 heterocycles. The molecule has 1 amide bonds. The molecule has 0 bridgehead atoms. The highest BCUT2D eigenvalue weighted by Crippen LogP contribution is 2.36. The van der Waals surface area contributed by atoms with E-state index in [9.17, 15) is 18.0 Å². The second-order valence-corrected chi connectivity index (χ2v) is 6.27. The molecular formula is C13H18F3N3OS. The molecule has 1 fully saturated rings. The maximum absolute atomic E-state index is 12.7. The minimum atomic E-state index is -4.37. The van der Waals surface area contributed by atoms with E-state index in [0.29, 0.717) is 5.16 Å². The van der Waals surface area contributed by atoms with Gasteiger partial charge in [0.25, 0.3) is 0 Å². The summed E-state index contributed by atoms with van der Waals surface area (Å²) in [5.74, 6) is -0.313. The second kappa shape index (κ2) is 6.29. The first kappa shape index (κ1) is 16.2. The van der Waals surface area contributed by atoms with Gasteiger partial charge in [0.15, 0.2) is 5.16 Å². The van der Waals surface area contributed by atoms with E-state index in [1.807, 2.05) is 0 Å². The van der Waals surface area contributed by atoms with Crippen molar-refractivity contribution >= 4 is 17.7 Å². The summed E-state index contributed by atoms with van der Waals surface area (Å²) in [6.07, 6.45) is 0.748. The van der Waals surface area contributed by atoms with Crippen LogP contribution in [0.15, 0.2) is 17.6 Å². The van der Waals surface area contributed by atoms with Gasteiger partial charge in [0.2, 0.25) is 5.91 Å². The van der Waals surface area contributed by atoms with Crippen LogP contribution in [-0.2, 0) is 11.8 Å². The van der Waals surface area contributed by atoms with Crippen molar-refractivity contribution in [1.82, 2.24) is 14.5 Å². The van der Waals surface area contributed by atoms with Crippen LogP contribution in [0.3, 0.4) is 0 Å². The molecule has 0 spiro atoms. The van der Waals surface area contributed by atoms with E-state index in [0.717, 1.165) is 29.5 Å². The Morgan fingerprint density at radius 2 is 2.24 bits per heavy atom. The fourth-order valence-corrected chi connectivity index (χ4v) is 3.00. The lowest BCUT2D eigenvalue weighted by molar-refractivity contribution is -0.164. The van der Waals surface area contributed by atoms with Crippen molar-refractivity contribution in [3.05, 3.63) is 12.4 Å². The first-order chi connectivity index (χ1) is 9.78. The van der Waals surface area contributed by atoms with Gasteiger partial charge in [-0.15, -0.1) is 0 Å². The molecule has 2 rings (SSSR count).